The molecule has 0 saturated carbocycles. The normalized spacial score (nSPS) is 12.4. The number of hydrogen-bond acceptors (Lipinski definition) is 2. The third kappa shape index (κ3) is 4.61. The highest BCUT2D eigenvalue weighted by molar-refractivity contribution is 5.75. The topological polar surface area (TPSA) is 46.1 Å². The van der Waals surface area contributed by atoms with Crippen LogP contribution in [0, 0.1) is 0 Å². The van der Waals surface area contributed by atoms with Crippen LogP contribution in [0.1, 0.15) is 38.3 Å². The summed E-state index contributed by atoms with van der Waals surface area (Å²) in [5, 5.41) is 6.01. The molecule has 0 spiro atoms. The molecule has 0 saturated heterocycles. The maximum absolute atomic E-state index is 11.1. The average molecular weight is 237 g/mol. The summed E-state index contributed by atoms with van der Waals surface area (Å²) in [4.78, 5) is 11.1. The second-order valence-electron chi connectivity index (χ2n) is 4.24. The Morgan fingerprint density at radius 1 is 1.53 bits per heavy atom. The minimum atomic E-state index is 0.110. The van der Waals surface area contributed by atoms with Crippen molar-refractivity contribution in [3.8, 4) is 0 Å². The first-order chi connectivity index (χ1) is 8.17. The molecule has 1 rings (SSSR count). The fourth-order valence-electron chi connectivity index (χ4n) is 1.83. The average Bonchev–Trinajstić information content (AvgIpc) is 2.78. The summed E-state index contributed by atoms with van der Waals surface area (Å²) < 4.78 is 2.14. The number of amides is 1. The maximum Gasteiger partial charge on any atom is 0.219 e. The molecule has 96 valence electrons. The molecule has 1 atom stereocenters. The van der Waals surface area contributed by atoms with Crippen molar-refractivity contribution in [2.24, 2.45) is 0 Å². The largest absolute Gasteiger partial charge is 0.359 e. The first-order valence-electron chi connectivity index (χ1n) is 6.27. The smallest absolute Gasteiger partial charge is 0.219 e. The van der Waals surface area contributed by atoms with Gasteiger partial charge >= 0.3 is 0 Å². The van der Waals surface area contributed by atoms with Gasteiger partial charge in [0.2, 0.25) is 5.91 Å². The summed E-state index contributed by atoms with van der Waals surface area (Å²) in [5.74, 6) is 0.110. The Hall–Kier alpha value is -1.29. The van der Waals surface area contributed by atoms with Gasteiger partial charge in [-0.1, -0.05) is 6.92 Å². The molecule has 0 aliphatic carbocycles. The highest BCUT2D eigenvalue weighted by Crippen LogP contribution is 2.12. The molecule has 0 radical (unpaired) electrons. The number of nitrogens with zero attached hydrogens (tertiary/aromatic N) is 1. The van der Waals surface area contributed by atoms with Gasteiger partial charge in [0, 0.05) is 38.4 Å². The molecule has 2 N–H and O–H groups in total. The molecule has 0 bridgehead atoms. The van der Waals surface area contributed by atoms with E-state index in [4.69, 9.17) is 0 Å². The van der Waals surface area contributed by atoms with E-state index in [1.807, 2.05) is 0 Å². The molecule has 4 heteroatoms. The number of hydrogen-bond donors (Lipinski definition) is 2. The lowest BCUT2D eigenvalue weighted by molar-refractivity contribution is -0.120. The highest BCUT2D eigenvalue weighted by atomic mass is 16.1. The molecule has 0 fully saturated rings. The number of carbonyl (C=O) groups excluding carboxylic acids is 1. The van der Waals surface area contributed by atoms with Crippen LogP contribution in [0.25, 0.3) is 0 Å². The molecule has 1 amide bonds. The monoisotopic (exact) mass is 237 g/mol. The van der Waals surface area contributed by atoms with Gasteiger partial charge in [0.1, 0.15) is 0 Å². The van der Waals surface area contributed by atoms with Crippen molar-refractivity contribution >= 4 is 5.91 Å². The third-order valence-corrected chi connectivity index (χ3v) is 2.88. The first-order valence-corrected chi connectivity index (χ1v) is 6.27. The number of rotatable bonds is 7. The van der Waals surface area contributed by atoms with Crippen molar-refractivity contribution in [2.75, 3.05) is 13.6 Å². The van der Waals surface area contributed by atoms with Crippen molar-refractivity contribution in [3.63, 3.8) is 0 Å². The van der Waals surface area contributed by atoms with Crippen molar-refractivity contribution in [3.05, 3.63) is 24.0 Å². The SMILES string of the molecule is CCNC(C)c1ccn(CCCC(=O)NC)c1. The Morgan fingerprint density at radius 2 is 2.29 bits per heavy atom. The van der Waals surface area contributed by atoms with Crippen molar-refractivity contribution in [1.82, 2.24) is 15.2 Å². The van der Waals surface area contributed by atoms with Crippen LogP contribution in [0.4, 0.5) is 0 Å². The zero-order chi connectivity index (χ0) is 12.7. The van der Waals surface area contributed by atoms with E-state index in [0.29, 0.717) is 12.5 Å². The lowest BCUT2D eigenvalue weighted by atomic mass is 10.2. The van der Waals surface area contributed by atoms with Crippen molar-refractivity contribution in [1.29, 1.82) is 0 Å². The Bertz CT molecular complexity index is 346. The van der Waals surface area contributed by atoms with Crippen LogP contribution in [0.15, 0.2) is 18.5 Å². The predicted octanol–water partition coefficient (Wildman–Crippen LogP) is 1.68. The van der Waals surface area contributed by atoms with Gasteiger partial charge in [0.15, 0.2) is 0 Å². The Balaban J connectivity index is 2.38. The van der Waals surface area contributed by atoms with Gasteiger partial charge in [-0.25, -0.2) is 0 Å². The maximum atomic E-state index is 11.1. The van der Waals surface area contributed by atoms with Crippen molar-refractivity contribution < 1.29 is 4.79 Å². The first kappa shape index (κ1) is 13.8. The van der Waals surface area contributed by atoms with Crippen LogP contribution in [-0.2, 0) is 11.3 Å². The summed E-state index contributed by atoms with van der Waals surface area (Å²) in [6, 6.07) is 2.52. The van der Waals surface area contributed by atoms with Gasteiger partial charge in [-0.2, -0.15) is 0 Å². The molecular weight excluding hydrogens is 214 g/mol. The predicted molar refractivity (Wildman–Crippen MR) is 69.8 cm³/mol. The Kier molecular flexibility index (Phi) is 5.77. The lowest BCUT2D eigenvalue weighted by Gasteiger charge is -2.09. The van der Waals surface area contributed by atoms with Crippen LogP contribution in [0.5, 0.6) is 0 Å². The minimum absolute atomic E-state index is 0.110. The molecule has 0 aliphatic rings. The Morgan fingerprint density at radius 3 is 2.94 bits per heavy atom. The number of nitrogens with one attached hydrogen (secondary N) is 2. The summed E-state index contributed by atoms with van der Waals surface area (Å²) in [7, 11) is 1.67. The molecule has 1 heterocycles. The van der Waals surface area contributed by atoms with E-state index in [-0.39, 0.29) is 5.91 Å². The molecule has 1 unspecified atom stereocenters. The molecule has 0 aliphatic heterocycles. The molecule has 1 aromatic rings. The van der Waals surface area contributed by atoms with Crippen LogP contribution >= 0.6 is 0 Å². The van der Waals surface area contributed by atoms with E-state index in [1.165, 1.54) is 5.56 Å². The standard InChI is InChI=1S/C13H23N3O/c1-4-15-11(2)12-7-9-16(10-12)8-5-6-13(17)14-3/h7,9-11,15H,4-6,8H2,1-3H3,(H,14,17). The molecule has 1 aromatic heterocycles. The van der Waals surface area contributed by atoms with Crippen molar-refractivity contribution in [2.45, 2.75) is 39.3 Å². The van der Waals surface area contributed by atoms with Crippen LogP contribution in [0.3, 0.4) is 0 Å². The summed E-state index contributed by atoms with van der Waals surface area (Å²) in [6.45, 7) is 6.14. The zero-order valence-electron chi connectivity index (χ0n) is 11.0. The van der Waals surface area contributed by atoms with E-state index in [9.17, 15) is 4.79 Å². The van der Waals surface area contributed by atoms with E-state index in [2.05, 4.69) is 47.5 Å². The third-order valence-electron chi connectivity index (χ3n) is 2.88. The fraction of sp³-hybridized carbons (Fsp3) is 0.615. The van der Waals surface area contributed by atoms with Crippen LogP contribution < -0.4 is 10.6 Å². The van der Waals surface area contributed by atoms with Gasteiger partial charge < -0.3 is 15.2 Å². The van der Waals surface area contributed by atoms with Gasteiger partial charge in [0.25, 0.3) is 0 Å². The molecule has 17 heavy (non-hydrogen) atoms. The highest BCUT2D eigenvalue weighted by Gasteiger charge is 2.05. The van der Waals surface area contributed by atoms with Gasteiger partial charge in [-0.15, -0.1) is 0 Å². The second kappa shape index (κ2) is 7.12. The zero-order valence-corrected chi connectivity index (χ0v) is 11.0. The lowest BCUT2D eigenvalue weighted by Crippen LogP contribution is -2.18. The number of carbonyl (C=O) groups is 1. The number of aryl methyl sites for hydroxylation is 1. The van der Waals surface area contributed by atoms with E-state index in [1.54, 1.807) is 7.05 Å². The Labute approximate surface area is 103 Å². The molecular formula is C13H23N3O. The molecule has 0 aromatic carbocycles. The second-order valence-corrected chi connectivity index (χ2v) is 4.24. The quantitative estimate of drug-likeness (QED) is 0.758. The fourth-order valence-corrected chi connectivity index (χ4v) is 1.83. The van der Waals surface area contributed by atoms with E-state index in [0.717, 1.165) is 19.5 Å². The number of aromatic nitrogens is 1. The molecule has 4 nitrogen and oxygen atoms in total. The summed E-state index contributed by atoms with van der Waals surface area (Å²) >= 11 is 0. The van der Waals surface area contributed by atoms with Crippen LogP contribution in [0.2, 0.25) is 0 Å². The summed E-state index contributed by atoms with van der Waals surface area (Å²) in [5.41, 5.74) is 1.30. The van der Waals surface area contributed by atoms with E-state index < -0.39 is 0 Å². The van der Waals surface area contributed by atoms with Gasteiger partial charge in [-0.3, -0.25) is 4.79 Å². The van der Waals surface area contributed by atoms with Gasteiger partial charge in [-0.05, 0) is 31.5 Å². The summed E-state index contributed by atoms with van der Waals surface area (Å²) in [6.07, 6.45) is 5.69. The minimum Gasteiger partial charge on any atom is -0.359 e. The van der Waals surface area contributed by atoms with E-state index >= 15 is 0 Å². The van der Waals surface area contributed by atoms with Crippen LogP contribution in [-0.4, -0.2) is 24.1 Å². The van der Waals surface area contributed by atoms with Gasteiger partial charge in [0.05, 0.1) is 0 Å².